The van der Waals surface area contributed by atoms with E-state index < -0.39 is 0 Å². The molecule has 3 heteroatoms. The second-order valence-electron chi connectivity index (χ2n) is 6.48. The number of unbranched alkanes of at least 4 members (excludes halogenated alkanes) is 4. The summed E-state index contributed by atoms with van der Waals surface area (Å²) < 4.78 is 11.3. The van der Waals surface area contributed by atoms with Crippen molar-refractivity contribution >= 4 is 5.97 Å². The average Bonchev–Trinajstić information content (AvgIpc) is 2.94. The van der Waals surface area contributed by atoms with Crippen LogP contribution in [0, 0.1) is 5.92 Å². The fraction of sp³-hybridized carbons (Fsp3) is 0.650. The Balaban J connectivity index is 1.79. The molecule has 1 heterocycles. The minimum absolute atomic E-state index is 0.0281. The van der Waals surface area contributed by atoms with E-state index in [4.69, 9.17) is 9.47 Å². The number of esters is 1. The van der Waals surface area contributed by atoms with Crippen LogP contribution in [0.3, 0.4) is 0 Å². The van der Waals surface area contributed by atoms with E-state index in [1.165, 1.54) is 19.3 Å². The molecule has 0 aliphatic carbocycles. The van der Waals surface area contributed by atoms with Crippen LogP contribution in [0.4, 0.5) is 0 Å². The van der Waals surface area contributed by atoms with Gasteiger partial charge in [0, 0.05) is 6.42 Å². The predicted octanol–water partition coefficient (Wildman–Crippen LogP) is 5.44. The lowest BCUT2D eigenvalue weighted by molar-refractivity contribution is -0.144. The number of carbonyl (C=O) groups is 1. The van der Waals surface area contributed by atoms with Crippen LogP contribution in [-0.2, 0) is 9.53 Å². The third-order valence-corrected chi connectivity index (χ3v) is 4.51. The molecule has 0 bridgehead atoms. The van der Waals surface area contributed by atoms with E-state index in [1.807, 2.05) is 24.3 Å². The number of ether oxygens (including phenoxy) is 2. The van der Waals surface area contributed by atoms with Gasteiger partial charge in [0.25, 0.3) is 0 Å². The molecule has 0 amide bonds. The van der Waals surface area contributed by atoms with Gasteiger partial charge in [-0.05, 0) is 30.5 Å². The SMILES string of the molecule is CCCCCCOc1ccc(C2CC(CCCC)C(=O)O2)cc1. The summed E-state index contributed by atoms with van der Waals surface area (Å²) >= 11 is 0. The third kappa shape index (κ3) is 5.56. The van der Waals surface area contributed by atoms with Crippen LogP contribution in [0.15, 0.2) is 24.3 Å². The van der Waals surface area contributed by atoms with Gasteiger partial charge in [-0.3, -0.25) is 4.79 Å². The number of hydrogen-bond acceptors (Lipinski definition) is 3. The summed E-state index contributed by atoms with van der Waals surface area (Å²) in [6, 6.07) is 8.04. The molecule has 1 saturated heterocycles. The third-order valence-electron chi connectivity index (χ3n) is 4.51. The van der Waals surface area contributed by atoms with E-state index in [0.29, 0.717) is 0 Å². The van der Waals surface area contributed by atoms with Crippen LogP contribution in [0.1, 0.15) is 76.9 Å². The minimum atomic E-state index is -0.0806. The number of benzene rings is 1. The summed E-state index contributed by atoms with van der Waals surface area (Å²) in [6.45, 7) is 5.14. The zero-order valence-electron chi connectivity index (χ0n) is 14.6. The fourth-order valence-corrected chi connectivity index (χ4v) is 3.03. The van der Waals surface area contributed by atoms with Gasteiger partial charge in [0.1, 0.15) is 11.9 Å². The molecular weight excluding hydrogens is 288 g/mol. The van der Waals surface area contributed by atoms with Gasteiger partial charge in [-0.25, -0.2) is 0 Å². The van der Waals surface area contributed by atoms with E-state index in [-0.39, 0.29) is 18.0 Å². The molecule has 2 rings (SSSR count). The zero-order chi connectivity index (χ0) is 16.5. The van der Waals surface area contributed by atoms with Crippen molar-refractivity contribution in [2.24, 2.45) is 5.92 Å². The summed E-state index contributed by atoms with van der Waals surface area (Å²) in [7, 11) is 0. The highest BCUT2D eigenvalue weighted by molar-refractivity contribution is 5.74. The summed E-state index contributed by atoms with van der Waals surface area (Å²) in [5.74, 6) is 0.950. The Hall–Kier alpha value is -1.51. The van der Waals surface area contributed by atoms with E-state index in [1.54, 1.807) is 0 Å². The number of carbonyl (C=O) groups excluding carboxylic acids is 1. The van der Waals surface area contributed by atoms with E-state index >= 15 is 0 Å². The van der Waals surface area contributed by atoms with Crippen LogP contribution in [0.2, 0.25) is 0 Å². The smallest absolute Gasteiger partial charge is 0.309 e. The largest absolute Gasteiger partial charge is 0.494 e. The highest BCUT2D eigenvalue weighted by Gasteiger charge is 2.34. The van der Waals surface area contributed by atoms with Gasteiger partial charge < -0.3 is 9.47 Å². The van der Waals surface area contributed by atoms with Crippen molar-refractivity contribution in [2.75, 3.05) is 6.61 Å². The van der Waals surface area contributed by atoms with Crippen LogP contribution in [0.25, 0.3) is 0 Å². The average molecular weight is 318 g/mol. The fourth-order valence-electron chi connectivity index (χ4n) is 3.03. The minimum Gasteiger partial charge on any atom is -0.494 e. The second-order valence-corrected chi connectivity index (χ2v) is 6.48. The maximum atomic E-state index is 11.9. The molecule has 1 aromatic rings. The lowest BCUT2D eigenvalue weighted by atomic mass is 9.96. The van der Waals surface area contributed by atoms with Gasteiger partial charge in [-0.15, -0.1) is 0 Å². The Morgan fingerprint density at radius 3 is 2.48 bits per heavy atom. The van der Waals surface area contributed by atoms with Crippen LogP contribution in [-0.4, -0.2) is 12.6 Å². The van der Waals surface area contributed by atoms with Gasteiger partial charge in [-0.1, -0.05) is 58.1 Å². The first-order valence-electron chi connectivity index (χ1n) is 9.17. The summed E-state index contributed by atoms with van der Waals surface area (Å²) in [5.41, 5.74) is 1.08. The van der Waals surface area contributed by atoms with E-state index in [0.717, 1.165) is 50.0 Å². The standard InChI is InChI=1S/C20H30O3/c1-3-5-7-8-14-22-18-12-10-16(11-13-18)19-15-17(9-6-4-2)20(21)23-19/h10-13,17,19H,3-9,14-15H2,1-2H3. The van der Waals surface area contributed by atoms with Gasteiger partial charge >= 0.3 is 5.97 Å². The maximum Gasteiger partial charge on any atom is 0.309 e. The molecular formula is C20H30O3. The zero-order valence-corrected chi connectivity index (χ0v) is 14.6. The molecule has 23 heavy (non-hydrogen) atoms. The number of cyclic esters (lactones) is 1. The normalized spacial score (nSPS) is 20.5. The molecule has 2 atom stereocenters. The van der Waals surface area contributed by atoms with Crippen molar-refractivity contribution in [3.63, 3.8) is 0 Å². The van der Waals surface area contributed by atoms with Crippen LogP contribution in [0.5, 0.6) is 5.75 Å². The summed E-state index contributed by atoms with van der Waals surface area (Å²) in [5, 5.41) is 0. The van der Waals surface area contributed by atoms with Crippen LogP contribution < -0.4 is 4.74 Å². The first kappa shape index (κ1) is 17.8. The molecule has 1 aliphatic heterocycles. The van der Waals surface area contributed by atoms with Gasteiger partial charge in [0.05, 0.1) is 12.5 Å². The highest BCUT2D eigenvalue weighted by Crippen LogP contribution is 2.36. The predicted molar refractivity (Wildman–Crippen MR) is 92.5 cm³/mol. The summed E-state index contributed by atoms with van der Waals surface area (Å²) in [4.78, 5) is 11.9. The quantitative estimate of drug-likeness (QED) is 0.425. The molecule has 0 spiro atoms. The maximum absolute atomic E-state index is 11.9. The lowest BCUT2D eigenvalue weighted by Gasteiger charge is -2.11. The first-order chi connectivity index (χ1) is 11.2. The van der Waals surface area contributed by atoms with Crippen molar-refractivity contribution in [3.05, 3.63) is 29.8 Å². The molecule has 1 aliphatic rings. The molecule has 0 radical (unpaired) electrons. The molecule has 2 unspecified atom stereocenters. The second kappa shape index (κ2) is 9.59. The van der Waals surface area contributed by atoms with Gasteiger partial charge in [0.2, 0.25) is 0 Å². The lowest BCUT2D eigenvalue weighted by Crippen LogP contribution is -2.06. The molecule has 0 aromatic heterocycles. The molecule has 0 saturated carbocycles. The monoisotopic (exact) mass is 318 g/mol. The molecule has 1 aromatic carbocycles. The Labute approximate surface area is 140 Å². The Morgan fingerprint density at radius 1 is 1.04 bits per heavy atom. The number of rotatable bonds is 10. The highest BCUT2D eigenvalue weighted by atomic mass is 16.6. The van der Waals surface area contributed by atoms with Crippen LogP contribution >= 0.6 is 0 Å². The van der Waals surface area contributed by atoms with Crippen molar-refractivity contribution in [3.8, 4) is 5.75 Å². The molecule has 3 nitrogen and oxygen atoms in total. The van der Waals surface area contributed by atoms with Gasteiger partial charge in [-0.2, -0.15) is 0 Å². The molecule has 1 fully saturated rings. The molecule has 128 valence electrons. The van der Waals surface area contributed by atoms with Crippen molar-refractivity contribution in [2.45, 2.75) is 71.3 Å². The van der Waals surface area contributed by atoms with Gasteiger partial charge in [0.15, 0.2) is 0 Å². The van der Waals surface area contributed by atoms with E-state index in [9.17, 15) is 4.79 Å². The Morgan fingerprint density at radius 2 is 1.78 bits per heavy atom. The summed E-state index contributed by atoms with van der Waals surface area (Å²) in [6.07, 6.45) is 8.75. The van der Waals surface area contributed by atoms with Crippen molar-refractivity contribution in [1.82, 2.24) is 0 Å². The Kier molecular flexibility index (Phi) is 7.44. The topological polar surface area (TPSA) is 35.5 Å². The molecule has 0 N–H and O–H groups in total. The van der Waals surface area contributed by atoms with E-state index in [2.05, 4.69) is 13.8 Å². The van der Waals surface area contributed by atoms with Crippen molar-refractivity contribution in [1.29, 1.82) is 0 Å². The first-order valence-corrected chi connectivity index (χ1v) is 9.17. The Bertz CT molecular complexity index is 466. The number of hydrogen-bond donors (Lipinski definition) is 0. The van der Waals surface area contributed by atoms with Crippen molar-refractivity contribution < 1.29 is 14.3 Å².